The molecule has 10 heteroatoms. The standard InChI is InChI=1S/C96H72N9.Ir/c1-64-25-13-19-37-85(64)100-61-73(97-94(100)70-46-52-91-82(58-70)79-34-16-22-40-88(79)103(91)76-28-7-4-8-29-76)49-43-67-55-68(44-50-74-62-101(86-38-20-14-26-65(86)2)95(98-74)71-47-53-92-83(59-71)80-35-17-23-41-89(80)104(92)77-30-9-5-10-31-77)57-69(56-67)45-51-75-63-102(87-39-21-15-27-66(87)3)96(99-75)72-48-54-93-84(60-72)81-36-18-24-42-90(81)105(93)78-32-11-6-12-33-78;/h4-42,52-63H,43-45,49-51H2,1-3H3;/q-3;+3. The van der Waals surface area contributed by atoms with Gasteiger partial charge >= 0.3 is 20.1 Å². The number of hydrogen-bond acceptors (Lipinski definition) is 3. The number of aryl methyl sites for hydroxylation is 9. The van der Waals surface area contributed by atoms with Gasteiger partial charge in [-0.3, -0.25) is 15.0 Å². The number of benzene rings is 13. The van der Waals surface area contributed by atoms with Crippen molar-refractivity contribution in [3.05, 3.63) is 378 Å². The smallest absolute Gasteiger partial charge is 0.351 e. The summed E-state index contributed by atoms with van der Waals surface area (Å²) in [6.45, 7) is 6.55. The summed E-state index contributed by atoms with van der Waals surface area (Å²) < 4.78 is 13.9. The van der Waals surface area contributed by atoms with Crippen LogP contribution in [0.25, 0.3) is 134 Å². The molecule has 0 radical (unpaired) electrons. The Labute approximate surface area is 629 Å². The van der Waals surface area contributed by atoms with Gasteiger partial charge in [-0.2, -0.15) is 0 Å². The Kier molecular flexibility index (Phi) is 17.1. The summed E-state index contributed by atoms with van der Waals surface area (Å²) in [6.07, 6.45) is 11.3. The minimum Gasteiger partial charge on any atom is -0.351 e. The Morgan fingerprint density at radius 3 is 0.821 bits per heavy atom. The number of aromatic nitrogens is 9. The molecule has 19 rings (SSSR count). The molecule has 19 aromatic rings. The Hall–Kier alpha value is -12.5. The van der Waals surface area contributed by atoms with Gasteiger partial charge in [0, 0.05) is 86.3 Å². The van der Waals surface area contributed by atoms with E-state index in [1.54, 1.807) is 0 Å². The SMILES string of the molecule is Cc1ccccc1-n1cc(CCc2cc(CCc3cn(-c4ccccc4C)c(-c4[c-]cc5c(c4)c4ccccc4n5-c4ccccc4)n3)cc(CCc3cn(-c4ccccc4C)c(-c4[c-]cc5c(c4)c4ccccc4n5-c4ccccc4)n3)c2)nc1-c1[c-]cc2c(c1)c1ccccc1n2-c1ccccc1.[Ir+3]. The van der Waals surface area contributed by atoms with E-state index in [1.807, 2.05) is 0 Å². The predicted molar refractivity (Wildman–Crippen MR) is 429 cm³/mol. The van der Waals surface area contributed by atoms with E-state index in [2.05, 4.69) is 376 Å². The van der Waals surface area contributed by atoms with Crippen molar-refractivity contribution in [3.63, 3.8) is 0 Å². The fraction of sp³-hybridized carbons (Fsp3) is 0.0938. The van der Waals surface area contributed by atoms with E-state index in [0.717, 1.165) is 173 Å². The van der Waals surface area contributed by atoms with Crippen LogP contribution in [-0.2, 0) is 58.6 Å². The maximum absolute atomic E-state index is 5.58. The van der Waals surface area contributed by atoms with Crippen LogP contribution >= 0.6 is 0 Å². The Balaban J connectivity index is 0.00000796. The summed E-state index contributed by atoms with van der Waals surface area (Å²) >= 11 is 0. The van der Waals surface area contributed by atoms with Gasteiger partial charge < -0.3 is 27.4 Å². The van der Waals surface area contributed by atoms with Crippen LogP contribution in [0, 0.1) is 39.0 Å². The molecule has 0 saturated carbocycles. The number of rotatable bonds is 18. The summed E-state index contributed by atoms with van der Waals surface area (Å²) in [7, 11) is 0. The minimum atomic E-state index is 0. The van der Waals surface area contributed by atoms with E-state index < -0.39 is 0 Å². The molecular formula is C96H72IrN9. The zero-order valence-electron chi connectivity index (χ0n) is 59.0. The maximum atomic E-state index is 5.58. The van der Waals surface area contributed by atoms with Crippen molar-refractivity contribution < 1.29 is 20.1 Å². The van der Waals surface area contributed by atoms with Gasteiger partial charge in [-0.05, 0) is 198 Å². The quantitative estimate of drug-likeness (QED) is 0.0804. The third-order valence-corrected chi connectivity index (χ3v) is 21.1. The summed E-state index contributed by atoms with van der Waals surface area (Å²) in [5.74, 6) is 2.61. The van der Waals surface area contributed by atoms with Crippen molar-refractivity contribution in [3.8, 4) is 68.3 Å². The monoisotopic (exact) mass is 1540 g/mol. The van der Waals surface area contributed by atoms with E-state index in [9.17, 15) is 0 Å². The molecule has 0 spiro atoms. The molecule has 0 aliphatic carbocycles. The number of hydrogen-bond donors (Lipinski definition) is 0. The average molecular weight is 1540 g/mol. The fourth-order valence-electron chi connectivity index (χ4n) is 16.0. The van der Waals surface area contributed by atoms with E-state index in [4.69, 9.17) is 15.0 Å². The van der Waals surface area contributed by atoms with E-state index in [1.165, 1.54) is 49.5 Å². The van der Waals surface area contributed by atoms with Gasteiger partial charge in [0.05, 0.1) is 17.5 Å². The maximum Gasteiger partial charge on any atom is 3.00 e. The van der Waals surface area contributed by atoms with Gasteiger partial charge in [-0.15, -0.1) is 71.3 Å². The number of para-hydroxylation sites is 9. The second kappa shape index (κ2) is 27.6. The summed E-state index contributed by atoms with van der Waals surface area (Å²) in [5, 5.41) is 7.06. The molecule has 0 N–H and O–H groups in total. The Morgan fingerprint density at radius 2 is 0.528 bits per heavy atom. The largest absolute Gasteiger partial charge is 3.00 e. The fourth-order valence-corrected chi connectivity index (χ4v) is 16.0. The second-order valence-corrected chi connectivity index (χ2v) is 27.8. The van der Waals surface area contributed by atoms with Crippen LogP contribution in [0.4, 0.5) is 0 Å². The van der Waals surface area contributed by atoms with E-state index in [-0.39, 0.29) is 20.1 Å². The minimum absolute atomic E-state index is 0. The molecule has 510 valence electrons. The zero-order chi connectivity index (χ0) is 70.1. The molecule has 9 nitrogen and oxygen atoms in total. The van der Waals surface area contributed by atoms with Crippen LogP contribution in [0.5, 0.6) is 0 Å². The van der Waals surface area contributed by atoms with Crippen molar-refractivity contribution in [1.82, 2.24) is 42.4 Å². The molecule has 6 heterocycles. The normalized spacial score (nSPS) is 11.7. The van der Waals surface area contributed by atoms with Crippen molar-refractivity contribution in [1.29, 1.82) is 0 Å². The molecule has 0 fully saturated rings. The molecule has 0 saturated heterocycles. The molecule has 0 aliphatic rings. The molecule has 0 atom stereocenters. The summed E-state index contributed by atoms with van der Waals surface area (Å²) in [5.41, 5.74) is 26.6. The molecule has 0 aliphatic heterocycles. The topological polar surface area (TPSA) is 68.2 Å². The molecule has 13 aromatic carbocycles. The summed E-state index contributed by atoms with van der Waals surface area (Å²) in [6, 6.07) is 116. The van der Waals surface area contributed by atoms with Crippen LogP contribution in [-0.4, -0.2) is 42.4 Å². The predicted octanol–water partition coefficient (Wildman–Crippen LogP) is 22.2. The molecular weight excluding hydrogens is 1470 g/mol. The van der Waals surface area contributed by atoms with Gasteiger partial charge in [0.1, 0.15) is 0 Å². The number of imidazole rings is 3. The van der Waals surface area contributed by atoms with Gasteiger partial charge in [0.2, 0.25) is 0 Å². The van der Waals surface area contributed by atoms with Gasteiger partial charge in [0.25, 0.3) is 0 Å². The number of fused-ring (bicyclic) bond motifs is 9. The second-order valence-electron chi connectivity index (χ2n) is 27.8. The third-order valence-electron chi connectivity index (χ3n) is 21.1. The number of nitrogens with zero attached hydrogens (tertiary/aromatic N) is 9. The van der Waals surface area contributed by atoms with Crippen LogP contribution in [0.3, 0.4) is 0 Å². The van der Waals surface area contributed by atoms with Crippen molar-refractivity contribution >= 4 is 65.4 Å². The van der Waals surface area contributed by atoms with Crippen molar-refractivity contribution in [2.45, 2.75) is 59.3 Å². The van der Waals surface area contributed by atoms with E-state index in [0.29, 0.717) is 0 Å². The Bertz CT molecular complexity index is 5880. The van der Waals surface area contributed by atoms with Crippen molar-refractivity contribution in [2.24, 2.45) is 0 Å². The third kappa shape index (κ3) is 11.9. The zero-order valence-corrected chi connectivity index (χ0v) is 61.4. The first-order valence-corrected chi connectivity index (χ1v) is 36.3. The first kappa shape index (κ1) is 65.6. The van der Waals surface area contributed by atoms with Gasteiger partial charge in [-0.25, -0.2) is 0 Å². The molecule has 0 unspecified atom stereocenters. The van der Waals surface area contributed by atoms with Crippen LogP contribution in [0.15, 0.2) is 310 Å². The van der Waals surface area contributed by atoms with Crippen LogP contribution in [0.2, 0.25) is 0 Å². The first-order valence-electron chi connectivity index (χ1n) is 36.3. The van der Waals surface area contributed by atoms with Gasteiger partial charge in [-0.1, -0.05) is 198 Å². The molecule has 106 heavy (non-hydrogen) atoms. The molecule has 0 bridgehead atoms. The Morgan fingerprint density at radius 1 is 0.264 bits per heavy atom. The van der Waals surface area contributed by atoms with E-state index >= 15 is 0 Å². The first-order chi connectivity index (χ1) is 51.8. The summed E-state index contributed by atoms with van der Waals surface area (Å²) in [4.78, 5) is 16.8. The average Bonchev–Trinajstić information content (AvgIpc) is 1.60. The molecule has 6 aromatic heterocycles. The van der Waals surface area contributed by atoms with Crippen LogP contribution in [0.1, 0.15) is 50.5 Å². The van der Waals surface area contributed by atoms with Gasteiger partial charge in [0.15, 0.2) is 0 Å². The van der Waals surface area contributed by atoms with Crippen molar-refractivity contribution in [2.75, 3.05) is 0 Å². The molecule has 0 amide bonds. The van der Waals surface area contributed by atoms with Crippen LogP contribution < -0.4 is 0 Å².